The normalized spacial score (nSPS) is 14.9. The molecule has 1 aliphatic rings. The summed E-state index contributed by atoms with van der Waals surface area (Å²) in [6, 6.07) is 39.2. The fourth-order valence-corrected chi connectivity index (χ4v) is 7.06. The van der Waals surface area contributed by atoms with E-state index in [9.17, 15) is 14.7 Å². The summed E-state index contributed by atoms with van der Waals surface area (Å²) in [5.74, 6) is -0.407. The number of amides is 1. The molecule has 0 spiro atoms. The van der Waals surface area contributed by atoms with E-state index < -0.39 is 22.9 Å². The zero-order valence-corrected chi connectivity index (χ0v) is 30.5. The SMILES string of the molecule is CN(C)C(=O)C(CCN1CCC(O)(c2ccc(Cl)cc2)CC1)(c1ccccc1)c1ccccc1.COc1ccc2cc([C@H](C)C(=O)O)ccc2c1. The maximum absolute atomic E-state index is 13.8. The van der Waals surface area contributed by atoms with Crippen LogP contribution < -0.4 is 4.74 Å². The Bertz CT molecular complexity index is 1870. The smallest absolute Gasteiger partial charge is 0.310 e. The number of fused-ring (bicyclic) bond motifs is 1. The molecule has 7 nitrogen and oxygen atoms in total. The van der Waals surface area contributed by atoms with Gasteiger partial charge in [-0.05, 0) is 90.0 Å². The zero-order valence-electron chi connectivity index (χ0n) is 29.8. The van der Waals surface area contributed by atoms with Crippen LogP contribution in [0.4, 0.5) is 0 Å². The van der Waals surface area contributed by atoms with Crippen molar-refractivity contribution >= 4 is 34.2 Å². The highest BCUT2D eigenvalue weighted by Crippen LogP contribution is 2.39. The van der Waals surface area contributed by atoms with E-state index in [1.54, 1.807) is 18.9 Å². The lowest BCUT2D eigenvalue weighted by molar-refractivity contribution is -0.138. The minimum atomic E-state index is -0.837. The van der Waals surface area contributed by atoms with Crippen LogP contribution in [0.5, 0.6) is 5.75 Å². The summed E-state index contributed by atoms with van der Waals surface area (Å²) in [4.78, 5) is 28.8. The van der Waals surface area contributed by atoms with Crippen LogP contribution in [-0.2, 0) is 20.6 Å². The van der Waals surface area contributed by atoms with E-state index in [1.807, 2.05) is 111 Å². The fraction of sp³-hybridized carbons (Fsp3) is 0.302. The van der Waals surface area contributed by atoms with Crippen molar-refractivity contribution < 1.29 is 24.5 Å². The largest absolute Gasteiger partial charge is 0.497 e. The molecule has 8 heteroatoms. The van der Waals surface area contributed by atoms with Gasteiger partial charge in [0.25, 0.3) is 0 Å². The molecule has 5 aromatic rings. The number of benzene rings is 5. The molecule has 1 saturated heterocycles. The number of carbonyl (C=O) groups excluding carboxylic acids is 1. The Morgan fingerprint density at radius 3 is 1.92 bits per heavy atom. The molecule has 1 atom stereocenters. The number of likely N-dealkylation sites (tertiary alicyclic amines) is 1. The lowest BCUT2D eigenvalue weighted by Gasteiger charge is -2.41. The average molecular weight is 707 g/mol. The van der Waals surface area contributed by atoms with Gasteiger partial charge >= 0.3 is 5.97 Å². The van der Waals surface area contributed by atoms with Gasteiger partial charge in [-0.3, -0.25) is 9.59 Å². The van der Waals surface area contributed by atoms with E-state index >= 15 is 0 Å². The first kappa shape index (κ1) is 37.6. The molecule has 6 rings (SSSR count). The second kappa shape index (κ2) is 16.6. The van der Waals surface area contributed by atoms with Crippen LogP contribution in [-0.4, -0.2) is 72.7 Å². The van der Waals surface area contributed by atoms with Crippen LogP contribution in [0, 0.1) is 0 Å². The first-order valence-corrected chi connectivity index (χ1v) is 17.7. The molecule has 0 aliphatic carbocycles. The molecule has 1 fully saturated rings. The molecule has 5 aromatic carbocycles. The second-order valence-corrected chi connectivity index (χ2v) is 13.9. The number of rotatable bonds is 10. The third kappa shape index (κ3) is 8.62. The number of methoxy groups -OCH3 is 1. The van der Waals surface area contributed by atoms with E-state index in [1.165, 1.54) is 0 Å². The Kier molecular flexibility index (Phi) is 12.2. The third-order valence-corrected chi connectivity index (χ3v) is 10.4. The molecule has 1 aliphatic heterocycles. The highest BCUT2D eigenvalue weighted by atomic mass is 35.5. The molecule has 0 saturated carbocycles. The Morgan fingerprint density at radius 1 is 0.843 bits per heavy atom. The summed E-state index contributed by atoms with van der Waals surface area (Å²) < 4.78 is 5.14. The van der Waals surface area contributed by atoms with Crippen molar-refractivity contribution in [2.24, 2.45) is 0 Å². The van der Waals surface area contributed by atoms with Crippen LogP contribution in [0.3, 0.4) is 0 Å². The number of hydrogen-bond donors (Lipinski definition) is 2. The monoisotopic (exact) mass is 706 g/mol. The van der Waals surface area contributed by atoms with Crippen LogP contribution in [0.25, 0.3) is 10.8 Å². The van der Waals surface area contributed by atoms with E-state index in [0.29, 0.717) is 24.3 Å². The first-order chi connectivity index (χ1) is 24.5. The maximum Gasteiger partial charge on any atom is 0.310 e. The van der Waals surface area contributed by atoms with Crippen molar-refractivity contribution in [3.63, 3.8) is 0 Å². The number of carboxylic acid groups (broad SMARTS) is 1. The predicted octanol–water partition coefficient (Wildman–Crippen LogP) is 8.12. The number of carbonyl (C=O) groups is 2. The summed E-state index contributed by atoms with van der Waals surface area (Å²) in [6.07, 6.45) is 1.97. The van der Waals surface area contributed by atoms with Gasteiger partial charge < -0.3 is 24.7 Å². The Labute approximate surface area is 306 Å². The van der Waals surface area contributed by atoms with Gasteiger partial charge in [-0.1, -0.05) is 109 Å². The number of hydrogen-bond acceptors (Lipinski definition) is 5. The quantitative estimate of drug-likeness (QED) is 0.153. The van der Waals surface area contributed by atoms with E-state index in [2.05, 4.69) is 29.2 Å². The summed E-state index contributed by atoms with van der Waals surface area (Å²) >= 11 is 6.03. The minimum absolute atomic E-state index is 0.0829. The van der Waals surface area contributed by atoms with Gasteiger partial charge in [0, 0.05) is 32.2 Å². The first-order valence-electron chi connectivity index (χ1n) is 17.3. The van der Waals surface area contributed by atoms with Crippen molar-refractivity contribution in [3.8, 4) is 5.75 Å². The zero-order chi connectivity index (χ0) is 36.6. The molecule has 2 N–H and O–H groups in total. The molecule has 266 valence electrons. The molecular formula is C43H47ClN2O5. The lowest BCUT2D eigenvalue weighted by Crippen LogP contribution is -2.48. The number of likely N-dealkylation sites (N-methyl/N-ethyl adjacent to an activating group) is 1. The molecule has 0 radical (unpaired) electrons. The van der Waals surface area contributed by atoms with Crippen molar-refractivity contribution in [2.75, 3.05) is 40.8 Å². The molecule has 1 heterocycles. The number of nitrogens with zero attached hydrogens (tertiary/aromatic N) is 2. The minimum Gasteiger partial charge on any atom is -0.497 e. The summed E-state index contributed by atoms with van der Waals surface area (Å²) in [7, 11) is 5.29. The molecule has 1 amide bonds. The van der Waals surface area contributed by atoms with E-state index in [0.717, 1.165) is 58.4 Å². The van der Waals surface area contributed by atoms with Crippen LogP contribution in [0.1, 0.15) is 54.4 Å². The van der Waals surface area contributed by atoms with Gasteiger partial charge in [0.1, 0.15) is 11.2 Å². The van der Waals surface area contributed by atoms with Crippen LogP contribution >= 0.6 is 11.6 Å². The van der Waals surface area contributed by atoms with Gasteiger partial charge in [-0.2, -0.15) is 0 Å². The topological polar surface area (TPSA) is 90.3 Å². The van der Waals surface area contributed by atoms with Gasteiger partial charge in [0.05, 0.1) is 18.6 Å². The number of ether oxygens (including phenoxy) is 1. The van der Waals surface area contributed by atoms with E-state index in [-0.39, 0.29) is 5.91 Å². The number of aliphatic hydroxyl groups is 1. The van der Waals surface area contributed by atoms with Crippen molar-refractivity contribution in [1.29, 1.82) is 0 Å². The van der Waals surface area contributed by atoms with Crippen molar-refractivity contribution in [3.05, 3.63) is 149 Å². The molecular weight excluding hydrogens is 660 g/mol. The van der Waals surface area contributed by atoms with Gasteiger partial charge in [-0.25, -0.2) is 0 Å². The number of aliphatic carboxylic acids is 1. The number of piperidine rings is 1. The number of carboxylic acids is 1. The van der Waals surface area contributed by atoms with E-state index in [4.69, 9.17) is 21.4 Å². The van der Waals surface area contributed by atoms with Crippen LogP contribution in [0.2, 0.25) is 5.02 Å². The predicted molar refractivity (Wildman–Crippen MR) is 205 cm³/mol. The van der Waals surface area contributed by atoms with Crippen LogP contribution in [0.15, 0.2) is 121 Å². The molecule has 0 unspecified atom stereocenters. The summed E-state index contributed by atoms with van der Waals surface area (Å²) in [5, 5.41) is 23.0. The molecule has 0 aromatic heterocycles. The highest BCUT2D eigenvalue weighted by Gasteiger charge is 2.43. The Hall–Kier alpha value is -4.69. The standard InChI is InChI=1S/C29H33ClN2O2.C14H14O3/c1-31(2)27(33)29(24-9-5-3-6-10-24,25-11-7-4-8-12-25)19-22-32-20-17-28(34,18-21-32)23-13-15-26(30)16-14-23;1-9(14(15)16)10-3-4-12-8-13(17-2)6-5-11(12)7-10/h3-16,34H,17-22H2,1-2H3;3-9H,1-2H3,(H,15,16)/t;9-/m.0/s1. The molecule has 51 heavy (non-hydrogen) atoms. The summed E-state index contributed by atoms with van der Waals surface area (Å²) in [5.41, 5.74) is 2.15. The van der Waals surface area contributed by atoms with Gasteiger partial charge in [0.2, 0.25) is 5.91 Å². The highest BCUT2D eigenvalue weighted by molar-refractivity contribution is 6.30. The fourth-order valence-electron chi connectivity index (χ4n) is 6.94. The number of halogens is 1. The van der Waals surface area contributed by atoms with Crippen molar-refractivity contribution in [2.45, 2.75) is 43.1 Å². The average Bonchev–Trinajstić information content (AvgIpc) is 3.16. The Balaban J connectivity index is 0.000000248. The third-order valence-electron chi connectivity index (χ3n) is 10.1. The Morgan fingerprint density at radius 2 is 1.39 bits per heavy atom. The van der Waals surface area contributed by atoms with Gasteiger partial charge in [0.15, 0.2) is 0 Å². The maximum atomic E-state index is 13.8. The second-order valence-electron chi connectivity index (χ2n) is 13.5. The van der Waals surface area contributed by atoms with Gasteiger partial charge in [-0.15, -0.1) is 0 Å². The van der Waals surface area contributed by atoms with Crippen molar-refractivity contribution in [1.82, 2.24) is 9.80 Å². The molecule has 0 bridgehead atoms. The summed E-state index contributed by atoms with van der Waals surface area (Å²) in [6.45, 7) is 4.00. The lowest BCUT2D eigenvalue weighted by atomic mass is 9.70.